The van der Waals surface area contributed by atoms with Gasteiger partial charge < -0.3 is 9.84 Å². The molecule has 1 aromatic heterocycles. The molecule has 4 heteroatoms. The minimum atomic E-state index is 0.442. The van der Waals surface area contributed by atoms with E-state index in [9.17, 15) is 0 Å². The quantitative estimate of drug-likeness (QED) is 0.790. The van der Waals surface area contributed by atoms with Crippen LogP contribution in [0.4, 0.5) is 0 Å². The normalized spacial score (nSPS) is 21.6. The molecular formula is C10H17N3O. The summed E-state index contributed by atoms with van der Waals surface area (Å²) < 4.78 is 5.24. The van der Waals surface area contributed by atoms with Crippen molar-refractivity contribution in [2.75, 3.05) is 13.1 Å². The van der Waals surface area contributed by atoms with Gasteiger partial charge in [0, 0.05) is 13.0 Å². The highest BCUT2D eigenvalue weighted by Crippen LogP contribution is 2.20. The van der Waals surface area contributed by atoms with E-state index < -0.39 is 0 Å². The fourth-order valence-corrected chi connectivity index (χ4v) is 1.74. The van der Waals surface area contributed by atoms with Gasteiger partial charge in [-0.1, -0.05) is 18.5 Å². The lowest BCUT2D eigenvalue weighted by Crippen LogP contribution is -2.08. The molecule has 0 bridgehead atoms. The largest absolute Gasteiger partial charge is 0.339 e. The molecule has 0 aliphatic carbocycles. The van der Waals surface area contributed by atoms with Crippen molar-refractivity contribution in [2.45, 2.75) is 38.5 Å². The molecule has 0 radical (unpaired) electrons. The molecule has 2 rings (SSSR count). The van der Waals surface area contributed by atoms with Crippen molar-refractivity contribution in [3.8, 4) is 0 Å². The molecule has 1 atom stereocenters. The molecule has 1 saturated heterocycles. The van der Waals surface area contributed by atoms with Crippen molar-refractivity contribution in [1.82, 2.24) is 15.5 Å². The van der Waals surface area contributed by atoms with Gasteiger partial charge in [-0.3, -0.25) is 0 Å². The van der Waals surface area contributed by atoms with Crippen molar-refractivity contribution in [1.29, 1.82) is 0 Å². The molecular weight excluding hydrogens is 178 g/mol. The van der Waals surface area contributed by atoms with E-state index in [1.807, 2.05) is 0 Å². The summed E-state index contributed by atoms with van der Waals surface area (Å²) in [4.78, 5) is 4.41. The fourth-order valence-electron chi connectivity index (χ4n) is 1.74. The Kier molecular flexibility index (Phi) is 3.14. The first-order valence-corrected chi connectivity index (χ1v) is 5.43. The zero-order valence-corrected chi connectivity index (χ0v) is 8.62. The summed E-state index contributed by atoms with van der Waals surface area (Å²) in [5, 5.41) is 7.28. The van der Waals surface area contributed by atoms with Crippen molar-refractivity contribution >= 4 is 0 Å². The third-order valence-corrected chi connectivity index (χ3v) is 2.65. The minimum absolute atomic E-state index is 0.442. The first kappa shape index (κ1) is 9.65. The Bertz CT molecular complexity index is 279. The second kappa shape index (κ2) is 4.55. The fraction of sp³-hybridized carbons (Fsp3) is 0.800. The standard InChI is InChI=1S/C10H17N3O/c1-2-3-4-9-12-10(14-13-9)8-5-6-11-7-8/h8,11H,2-7H2,1H3. The summed E-state index contributed by atoms with van der Waals surface area (Å²) in [6, 6.07) is 0. The van der Waals surface area contributed by atoms with Gasteiger partial charge in [0.25, 0.3) is 0 Å². The molecule has 0 amide bonds. The van der Waals surface area contributed by atoms with E-state index in [0.29, 0.717) is 5.92 Å². The van der Waals surface area contributed by atoms with Crippen LogP contribution in [-0.2, 0) is 6.42 Å². The molecule has 1 aliphatic rings. The minimum Gasteiger partial charge on any atom is -0.339 e. The van der Waals surface area contributed by atoms with Crippen LogP contribution in [-0.4, -0.2) is 23.2 Å². The highest BCUT2D eigenvalue weighted by Gasteiger charge is 2.22. The molecule has 78 valence electrons. The van der Waals surface area contributed by atoms with E-state index in [-0.39, 0.29) is 0 Å². The average molecular weight is 195 g/mol. The Morgan fingerprint density at radius 3 is 3.21 bits per heavy atom. The Hall–Kier alpha value is -0.900. The van der Waals surface area contributed by atoms with Gasteiger partial charge in [-0.2, -0.15) is 4.98 Å². The number of aryl methyl sites for hydroxylation is 1. The first-order chi connectivity index (χ1) is 6.90. The lowest BCUT2D eigenvalue weighted by molar-refractivity contribution is 0.354. The molecule has 1 fully saturated rings. The Balaban J connectivity index is 1.94. The lowest BCUT2D eigenvalue weighted by Gasteiger charge is -1.98. The molecule has 1 N–H and O–H groups in total. The summed E-state index contributed by atoms with van der Waals surface area (Å²) in [7, 11) is 0. The van der Waals surface area contributed by atoms with Crippen LogP contribution in [0.5, 0.6) is 0 Å². The zero-order chi connectivity index (χ0) is 9.80. The molecule has 0 saturated carbocycles. The highest BCUT2D eigenvalue weighted by molar-refractivity contribution is 4.98. The van der Waals surface area contributed by atoms with Crippen molar-refractivity contribution in [3.05, 3.63) is 11.7 Å². The van der Waals surface area contributed by atoms with Crippen LogP contribution in [0.2, 0.25) is 0 Å². The number of nitrogens with one attached hydrogen (secondary N) is 1. The molecule has 4 nitrogen and oxygen atoms in total. The summed E-state index contributed by atoms with van der Waals surface area (Å²) in [5.74, 6) is 2.13. The predicted molar refractivity (Wildman–Crippen MR) is 53.1 cm³/mol. The van der Waals surface area contributed by atoms with Crippen LogP contribution < -0.4 is 5.32 Å². The molecule has 2 heterocycles. The SMILES string of the molecule is CCCCc1noc(C2CCNC2)n1. The third kappa shape index (κ3) is 2.12. The molecule has 1 unspecified atom stereocenters. The van der Waals surface area contributed by atoms with Crippen LogP contribution in [0.1, 0.15) is 43.8 Å². The molecule has 0 aromatic carbocycles. The second-order valence-electron chi connectivity index (χ2n) is 3.84. The van der Waals surface area contributed by atoms with Crippen LogP contribution in [0.25, 0.3) is 0 Å². The molecule has 0 spiro atoms. The van der Waals surface area contributed by atoms with Gasteiger partial charge >= 0.3 is 0 Å². The maximum absolute atomic E-state index is 5.24. The van der Waals surface area contributed by atoms with Gasteiger partial charge in [0.15, 0.2) is 5.82 Å². The number of unbranched alkanes of at least 4 members (excludes halogenated alkanes) is 1. The van der Waals surface area contributed by atoms with E-state index in [2.05, 4.69) is 22.4 Å². The van der Waals surface area contributed by atoms with Crippen LogP contribution in [0.3, 0.4) is 0 Å². The Labute approximate surface area is 84.1 Å². The average Bonchev–Trinajstić information content (AvgIpc) is 2.85. The van der Waals surface area contributed by atoms with E-state index in [4.69, 9.17) is 4.52 Å². The summed E-state index contributed by atoms with van der Waals surface area (Å²) >= 11 is 0. The van der Waals surface area contributed by atoms with Crippen molar-refractivity contribution in [2.24, 2.45) is 0 Å². The number of nitrogens with zero attached hydrogens (tertiary/aromatic N) is 2. The summed E-state index contributed by atoms with van der Waals surface area (Å²) in [6.45, 7) is 4.22. The van der Waals surface area contributed by atoms with Crippen molar-refractivity contribution in [3.63, 3.8) is 0 Å². The van der Waals surface area contributed by atoms with Gasteiger partial charge in [-0.25, -0.2) is 0 Å². The second-order valence-corrected chi connectivity index (χ2v) is 3.84. The van der Waals surface area contributed by atoms with Crippen LogP contribution >= 0.6 is 0 Å². The Morgan fingerprint density at radius 2 is 2.50 bits per heavy atom. The topological polar surface area (TPSA) is 51.0 Å². The van der Waals surface area contributed by atoms with Gasteiger partial charge in [0.2, 0.25) is 5.89 Å². The van der Waals surface area contributed by atoms with E-state index in [0.717, 1.165) is 44.1 Å². The number of hydrogen-bond donors (Lipinski definition) is 1. The van der Waals surface area contributed by atoms with Gasteiger partial charge in [-0.05, 0) is 19.4 Å². The number of aromatic nitrogens is 2. The lowest BCUT2D eigenvalue weighted by atomic mass is 10.1. The van der Waals surface area contributed by atoms with Crippen LogP contribution in [0, 0.1) is 0 Å². The first-order valence-electron chi connectivity index (χ1n) is 5.43. The van der Waals surface area contributed by atoms with Gasteiger partial charge in [0.05, 0.1) is 5.92 Å². The predicted octanol–water partition coefficient (Wildman–Crippen LogP) is 1.49. The van der Waals surface area contributed by atoms with Gasteiger partial charge in [-0.15, -0.1) is 0 Å². The third-order valence-electron chi connectivity index (χ3n) is 2.65. The van der Waals surface area contributed by atoms with E-state index >= 15 is 0 Å². The smallest absolute Gasteiger partial charge is 0.231 e. The molecule has 1 aromatic rings. The monoisotopic (exact) mass is 195 g/mol. The van der Waals surface area contributed by atoms with Crippen molar-refractivity contribution < 1.29 is 4.52 Å². The van der Waals surface area contributed by atoms with E-state index in [1.54, 1.807) is 0 Å². The summed E-state index contributed by atoms with van der Waals surface area (Å²) in [5.41, 5.74) is 0. The zero-order valence-electron chi connectivity index (χ0n) is 8.62. The van der Waals surface area contributed by atoms with Gasteiger partial charge in [0.1, 0.15) is 0 Å². The maximum Gasteiger partial charge on any atom is 0.231 e. The molecule has 14 heavy (non-hydrogen) atoms. The summed E-state index contributed by atoms with van der Waals surface area (Å²) in [6.07, 6.45) is 4.38. The number of hydrogen-bond acceptors (Lipinski definition) is 4. The molecule has 1 aliphatic heterocycles. The Morgan fingerprint density at radius 1 is 1.57 bits per heavy atom. The maximum atomic E-state index is 5.24. The highest BCUT2D eigenvalue weighted by atomic mass is 16.5. The van der Waals surface area contributed by atoms with E-state index in [1.165, 1.54) is 6.42 Å². The van der Waals surface area contributed by atoms with Crippen LogP contribution in [0.15, 0.2) is 4.52 Å². The number of rotatable bonds is 4.